The number of benzene rings is 2. The molecule has 0 bridgehead atoms. The minimum atomic E-state index is -0.893. The Balaban J connectivity index is 2.21. The second-order valence-electron chi connectivity index (χ2n) is 5.01. The monoisotopic (exact) mass is 302 g/mol. The molecule has 5 nitrogen and oxygen atoms in total. The molecule has 0 N–H and O–H groups in total. The smallest absolute Gasteiger partial charge is 0.272 e. The lowest BCUT2D eigenvalue weighted by Gasteiger charge is -2.18. The number of nitro groups is 1. The lowest BCUT2D eigenvalue weighted by Crippen LogP contribution is -2.27. The number of amides is 1. The Morgan fingerprint density at radius 3 is 2.55 bits per heavy atom. The van der Waals surface area contributed by atoms with E-state index in [0.29, 0.717) is 6.54 Å². The molecular formula is C16H15FN2O3. The second kappa shape index (κ2) is 6.34. The zero-order valence-corrected chi connectivity index (χ0v) is 12.2. The van der Waals surface area contributed by atoms with Gasteiger partial charge in [0.25, 0.3) is 11.6 Å². The summed E-state index contributed by atoms with van der Waals surface area (Å²) in [5.41, 5.74) is 1.43. The lowest BCUT2D eigenvalue weighted by atomic mass is 10.1. The minimum absolute atomic E-state index is 0.179. The van der Waals surface area contributed by atoms with E-state index in [2.05, 4.69) is 0 Å². The molecule has 0 aliphatic rings. The summed E-state index contributed by atoms with van der Waals surface area (Å²) in [6.45, 7) is 2.27. The Morgan fingerprint density at radius 1 is 1.27 bits per heavy atom. The maximum atomic E-state index is 13.9. The fourth-order valence-electron chi connectivity index (χ4n) is 2.11. The summed E-state index contributed by atoms with van der Waals surface area (Å²) in [5, 5.41) is 10.6. The molecule has 0 unspecified atom stereocenters. The van der Waals surface area contributed by atoms with Crippen molar-refractivity contribution in [1.29, 1.82) is 0 Å². The van der Waals surface area contributed by atoms with Crippen molar-refractivity contribution in [3.05, 3.63) is 75.1 Å². The summed E-state index contributed by atoms with van der Waals surface area (Å²) < 4.78 is 13.9. The summed E-state index contributed by atoms with van der Waals surface area (Å²) >= 11 is 0. The molecule has 0 atom stereocenters. The SMILES string of the molecule is Cc1ccccc1CN(C)C(=O)c1ccc([N+](=O)[O-])cc1F. The molecule has 2 rings (SSSR count). The standard InChI is InChI=1S/C16H15FN2O3/c1-11-5-3-4-6-12(11)10-18(2)16(20)14-8-7-13(19(21)22)9-15(14)17/h3-9H,10H2,1-2H3. The third-order valence-electron chi connectivity index (χ3n) is 3.41. The normalized spacial score (nSPS) is 10.3. The van der Waals surface area contributed by atoms with Gasteiger partial charge in [-0.05, 0) is 24.1 Å². The van der Waals surface area contributed by atoms with Gasteiger partial charge in [0.15, 0.2) is 0 Å². The van der Waals surface area contributed by atoms with Crippen molar-refractivity contribution in [2.45, 2.75) is 13.5 Å². The van der Waals surface area contributed by atoms with Gasteiger partial charge in [-0.3, -0.25) is 14.9 Å². The molecule has 22 heavy (non-hydrogen) atoms. The molecular weight excluding hydrogens is 287 g/mol. The second-order valence-corrected chi connectivity index (χ2v) is 5.01. The first-order chi connectivity index (χ1) is 10.4. The van der Waals surface area contributed by atoms with Crippen LogP contribution in [-0.2, 0) is 6.54 Å². The van der Waals surface area contributed by atoms with Crippen LogP contribution >= 0.6 is 0 Å². The van der Waals surface area contributed by atoms with E-state index in [1.807, 2.05) is 31.2 Å². The van der Waals surface area contributed by atoms with E-state index in [0.717, 1.165) is 29.3 Å². The highest BCUT2D eigenvalue weighted by atomic mass is 19.1. The Labute approximate surface area is 127 Å². The van der Waals surface area contributed by atoms with E-state index in [1.165, 1.54) is 4.90 Å². The molecule has 6 heteroatoms. The molecule has 0 saturated carbocycles. The molecule has 0 fully saturated rings. The highest BCUT2D eigenvalue weighted by molar-refractivity contribution is 5.94. The molecule has 0 aliphatic carbocycles. The van der Waals surface area contributed by atoms with Crippen LogP contribution in [0.4, 0.5) is 10.1 Å². The zero-order chi connectivity index (χ0) is 16.3. The highest BCUT2D eigenvalue weighted by Crippen LogP contribution is 2.19. The molecule has 0 saturated heterocycles. The topological polar surface area (TPSA) is 63.5 Å². The zero-order valence-electron chi connectivity index (χ0n) is 12.2. The number of non-ortho nitro benzene ring substituents is 1. The first-order valence-electron chi connectivity index (χ1n) is 6.64. The summed E-state index contributed by atoms with van der Waals surface area (Å²) in [7, 11) is 1.57. The average Bonchev–Trinajstić information content (AvgIpc) is 2.48. The third-order valence-corrected chi connectivity index (χ3v) is 3.41. The van der Waals surface area contributed by atoms with Crippen LogP contribution < -0.4 is 0 Å². The average molecular weight is 302 g/mol. The molecule has 0 radical (unpaired) electrons. The molecule has 1 amide bonds. The van der Waals surface area contributed by atoms with Crippen molar-refractivity contribution in [1.82, 2.24) is 4.90 Å². The van der Waals surface area contributed by atoms with Gasteiger partial charge in [-0.15, -0.1) is 0 Å². The minimum Gasteiger partial charge on any atom is -0.337 e. The fraction of sp³-hybridized carbons (Fsp3) is 0.188. The molecule has 0 spiro atoms. The van der Waals surface area contributed by atoms with Crippen molar-refractivity contribution in [3.63, 3.8) is 0 Å². The van der Waals surface area contributed by atoms with Crippen LogP contribution in [0.2, 0.25) is 0 Å². The lowest BCUT2D eigenvalue weighted by molar-refractivity contribution is -0.385. The number of aryl methyl sites for hydroxylation is 1. The Bertz CT molecular complexity index is 731. The number of carbonyl (C=O) groups excluding carboxylic acids is 1. The fourth-order valence-corrected chi connectivity index (χ4v) is 2.11. The van der Waals surface area contributed by atoms with Crippen molar-refractivity contribution in [2.24, 2.45) is 0 Å². The van der Waals surface area contributed by atoms with Crippen LogP contribution in [0.1, 0.15) is 21.5 Å². The molecule has 0 aliphatic heterocycles. The maximum absolute atomic E-state index is 13.9. The summed E-state index contributed by atoms with van der Waals surface area (Å²) in [6, 6.07) is 10.6. The van der Waals surface area contributed by atoms with E-state index < -0.39 is 16.6 Å². The summed E-state index contributed by atoms with van der Waals surface area (Å²) in [5.74, 6) is -1.41. The number of nitro benzene ring substituents is 1. The number of hydrogen-bond acceptors (Lipinski definition) is 3. The number of carbonyl (C=O) groups is 1. The van der Waals surface area contributed by atoms with Gasteiger partial charge in [0.05, 0.1) is 16.6 Å². The van der Waals surface area contributed by atoms with Crippen molar-refractivity contribution in [3.8, 4) is 0 Å². The third kappa shape index (κ3) is 3.28. The van der Waals surface area contributed by atoms with E-state index in [9.17, 15) is 19.3 Å². The van der Waals surface area contributed by atoms with Crippen LogP contribution in [0.3, 0.4) is 0 Å². The van der Waals surface area contributed by atoms with Gasteiger partial charge < -0.3 is 4.90 Å². The molecule has 114 valence electrons. The predicted molar refractivity (Wildman–Crippen MR) is 80.0 cm³/mol. The van der Waals surface area contributed by atoms with Gasteiger partial charge >= 0.3 is 0 Å². The first-order valence-corrected chi connectivity index (χ1v) is 6.64. The van der Waals surface area contributed by atoms with Gasteiger partial charge in [-0.25, -0.2) is 4.39 Å². The maximum Gasteiger partial charge on any atom is 0.272 e. The number of rotatable bonds is 4. The van der Waals surface area contributed by atoms with Crippen molar-refractivity contribution < 1.29 is 14.1 Å². The van der Waals surface area contributed by atoms with Gasteiger partial charge in [0.2, 0.25) is 0 Å². The Morgan fingerprint density at radius 2 is 1.95 bits per heavy atom. The predicted octanol–water partition coefficient (Wildman–Crippen LogP) is 3.31. The summed E-state index contributed by atoms with van der Waals surface area (Å²) in [4.78, 5) is 23.6. The summed E-state index contributed by atoms with van der Waals surface area (Å²) in [6.07, 6.45) is 0. The van der Waals surface area contributed by atoms with Crippen LogP contribution in [0, 0.1) is 22.9 Å². The van der Waals surface area contributed by atoms with Gasteiger partial charge in [0.1, 0.15) is 5.82 Å². The Kier molecular flexibility index (Phi) is 4.50. The molecule has 2 aromatic carbocycles. The largest absolute Gasteiger partial charge is 0.337 e. The van der Waals surface area contributed by atoms with Crippen molar-refractivity contribution in [2.75, 3.05) is 7.05 Å². The Hall–Kier alpha value is -2.76. The molecule has 2 aromatic rings. The first kappa shape index (κ1) is 15.6. The van der Waals surface area contributed by atoms with E-state index in [1.54, 1.807) is 7.05 Å². The van der Waals surface area contributed by atoms with Crippen LogP contribution in [0.15, 0.2) is 42.5 Å². The highest BCUT2D eigenvalue weighted by Gasteiger charge is 2.19. The van der Waals surface area contributed by atoms with Crippen LogP contribution in [0.25, 0.3) is 0 Å². The van der Waals surface area contributed by atoms with Crippen LogP contribution in [-0.4, -0.2) is 22.8 Å². The van der Waals surface area contributed by atoms with Gasteiger partial charge in [-0.1, -0.05) is 24.3 Å². The number of halogens is 1. The van der Waals surface area contributed by atoms with Crippen molar-refractivity contribution >= 4 is 11.6 Å². The van der Waals surface area contributed by atoms with Gasteiger partial charge in [0, 0.05) is 19.7 Å². The number of hydrogen-bond donors (Lipinski definition) is 0. The molecule has 0 heterocycles. The van der Waals surface area contributed by atoms with E-state index in [4.69, 9.17) is 0 Å². The quantitative estimate of drug-likeness (QED) is 0.643. The van der Waals surface area contributed by atoms with E-state index in [-0.39, 0.29) is 11.3 Å². The van der Waals surface area contributed by atoms with Crippen LogP contribution in [0.5, 0.6) is 0 Å². The number of nitrogens with zero attached hydrogens (tertiary/aromatic N) is 2. The molecule has 0 aromatic heterocycles. The van der Waals surface area contributed by atoms with Gasteiger partial charge in [-0.2, -0.15) is 0 Å². The van der Waals surface area contributed by atoms with E-state index >= 15 is 0 Å².